The molecular weight excluding hydrogens is 394 g/mol. The summed E-state index contributed by atoms with van der Waals surface area (Å²) in [6.45, 7) is 2.61. The van der Waals surface area contributed by atoms with Crippen LogP contribution in [0.4, 0.5) is 0 Å². The Morgan fingerprint density at radius 2 is 1.66 bits per heavy atom. The third kappa shape index (κ3) is 5.41. The van der Waals surface area contributed by atoms with Crippen molar-refractivity contribution in [2.45, 2.75) is 6.54 Å². The summed E-state index contributed by atoms with van der Waals surface area (Å²) in [5.74, 6) is -0.812. The molecule has 7 nitrogen and oxygen atoms in total. The van der Waals surface area contributed by atoms with Gasteiger partial charge in [-0.1, -0.05) is 24.3 Å². The van der Waals surface area contributed by atoms with E-state index in [-0.39, 0.29) is 36.7 Å². The van der Waals surface area contributed by atoms with E-state index in [2.05, 4.69) is 10.6 Å². The fourth-order valence-corrected chi connectivity index (χ4v) is 3.04. The standard InChI is InChI=1S/C21H23N3O4.ClH/c1-28-12-11-22-9-10-23-19(25)16-6-4-5-15(13-16)14-24-20(26)17-7-2-3-8-18(17)21(24)27;/h2-8,13,22H,9-12,14H2,1H3,(H,23,25);1H. The molecule has 0 spiro atoms. The molecule has 0 aromatic heterocycles. The van der Waals surface area contributed by atoms with Crippen LogP contribution in [-0.2, 0) is 11.3 Å². The molecule has 154 valence electrons. The van der Waals surface area contributed by atoms with Gasteiger partial charge in [-0.2, -0.15) is 0 Å². The summed E-state index contributed by atoms with van der Waals surface area (Å²) in [6.07, 6.45) is 0. The van der Waals surface area contributed by atoms with Crippen LogP contribution in [0.15, 0.2) is 48.5 Å². The number of benzene rings is 2. The average molecular weight is 418 g/mol. The number of hydrogen-bond donors (Lipinski definition) is 2. The topological polar surface area (TPSA) is 87.7 Å². The summed E-state index contributed by atoms with van der Waals surface area (Å²) in [4.78, 5) is 38.5. The van der Waals surface area contributed by atoms with Gasteiger partial charge in [0, 0.05) is 32.3 Å². The van der Waals surface area contributed by atoms with Gasteiger partial charge in [-0.15, -0.1) is 12.4 Å². The van der Waals surface area contributed by atoms with Gasteiger partial charge in [-0.05, 0) is 29.8 Å². The van der Waals surface area contributed by atoms with Crippen LogP contribution in [0.25, 0.3) is 0 Å². The normalized spacial score (nSPS) is 12.5. The Balaban J connectivity index is 0.00000300. The summed E-state index contributed by atoms with van der Waals surface area (Å²) >= 11 is 0. The molecular formula is C21H24ClN3O4. The highest BCUT2D eigenvalue weighted by Crippen LogP contribution is 2.24. The number of hydrogen-bond acceptors (Lipinski definition) is 5. The highest BCUT2D eigenvalue weighted by Gasteiger charge is 2.34. The first-order valence-corrected chi connectivity index (χ1v) is 9.14. The van der Waals surface area contributed by atoms with Gasteiger partial charge in [0.15, 0.2) is 0 Å². The second-order valence-electron chi connectivity index (χ2n) is 6.44. The van der Waals surface area contributed by atoms with Crippen LogP contribution in [-0.4, -0.2) is 56.0 Å². The summed E-state index contributed by atoms with van der Waals surface area (Å²) in [5.41, 5.74) is 2.05. The van der Waals surface area contributed by atoms with Crippen molar-refractivity contribution in [1.29, 1.82) is 0 Å². The molecule has 3 amide bonds. The van der Waals surface area contributed by atoms with Crippen molar-refractivity contribution in [3.05, 3.63) is 70.8 Å². The van der Waals surface area contributed by atoms with E-state index in [9.17, 15) is 14.4 Å². The van der Waals surface area contributed by atoms with Crippen LogP contribution in [0.5, 0.6) is 0 Å². The minimum atomic E-state index is -0.308. The number of nitrogens with one attached hydrogen (secondary N) is 2. The Bertz CT molecular complexity index is 853. The molecule has 0 atom stereocenters. The predicted octanol–water partition coefficient (Wildman–Crippen LogP) is 1.87. The number of carbonyl (C=O) groups is 3. The molecule has 1 aliphatic heterocycles. The van der Waals surface area contributed by atoms with Gasteiger partial charge in [-0.3, -0.25) is 19.3 Å². The van der Waals surface area contributed by atoms with Crippen LogP contribution in [0.2, 0.25) is 0 Å². The zero-order chi connectivity index (χ0) is 19.9. The first-order chi connectivity index (χ1) is 13.6. The number of halogens is 1. The molecule has 1 heterocycles. The first-order valence-electron chi connectivity index (χ1n) is 9.14. The van der Waals surface area contributed by atoms with Gasteiger partial charge in [0.1, 0.15) is 0 Å². The van der Waals surface area contributed by atoms with E-state index in [0.29, 0.717) is 36.4 Å². The minimum absolute atomic E-state index is 0. The quantitative estimate of drug-likeness (QED) is 0.480. The Hall–Kier alpha value is -2.74. The maximum atomic E-state index is 12.5. The van der Waals surface area contributed by atoms with E-state index in [1.807, 2.05) is 0 Å². The van der Waals surface area contributed by atoms with Crippen LogP contribution < -0.4 is 10.6 Å². The number of carbonyl (C=O) groups excluding carboxylic acids is 3. The van der Waals surface area contributed by atoms with Gasteiger partial charge in [-0.25, -0.2) is 0 Å². The summed E-state index contributed by atoms with van der Waals surface area (Å²) in [6, 6.07) is 13.7. The fourth-order valence-electron chi connectivity index (χ4n) is 3.04. The SMILES string of the molecule is COCCNCCNC(=O)c1cccc(CN2C(=O)c3ccccc3C2=O)c1.Cl. The molecule has 0 saturated heterocycles. The second-order valence-corrected chi connectivity index (χ2v) is 6.44. The summed E-state index contributed by atoms with van der Waals surface area (Å²) in [5, 5.41) is 5.99. The highest BCUT2D eigenvalue weighted by atomic mass is 35.5. The van der Waals surface area contributed by atoms with Crippen LogP contribution in [0.1, 0.15) is 36.6 Å². The van der Waals surface area contributed by atoms with Crippen molar-refractivity contribution >= 4 is 30.1 Å². The Labute approximate surface area is 175 Å². The van der Waals surface area contributed by atoms with Crippen molar-refractivity contribution < 1.29 is 19.1 Å². The summed E-state index contributed by atoms with van der Waals surface area (Å²) < 4.78 is 4.94. The molecule has 8 heteroatoms. The van der Waals surface area contributed by atoms with Crippen molar-refractivity contribution in [3.63, 3.8) is 0 Å². The predicted molar refractivity (Wildman–Crippen MR) is 111 cm³/mol. The third-order valence-electron chi connectivity index (χ3n) is 4.48. The lowest BCUT2D eigenvalue weighted by Gasteiger charge is -2.14. The molecule has 0 saturated carbocycles. The van der Waals surface area contributed by atoms with E-state index in [1.54, 1.807) is 55.6 Å². The monoisotopic (exact) mass is 417 g/mol. The van der Waals surface area contributed by atoms with E-state index < -0.39 is 0 Å². The Morgan fingerprint density at radius 1 is 0.966 bits per heavy atom. The van der Waals surface area contributed by atoms with Crippen molar-refractivity contribution in [1.82, 2.24) is 15.5 Å². The van der Waals surface area contributed by atoms with E-state index in [0.717, 1.165) is 12.1 Å². The average Bonchev–Trinajstić information content (AvgIpc) is 2.96. The van der Waals surface area contributed by atoms with E-state index in [1.165, 1.54) is 4.90 Å². The van der Waals surface area contributed by atoms with Gasteiger partial charge >= 0.3 is 0 Å². The fraction of sp³-hybridized carbons (Fsp3) is 0.286. The van der Waals surface area contributed by atoms with Gasteiger partial charge in [0.05, 0.1) is 24.3 Å². The Morgan fingerprint density at radius 3 is 2.31 bits per heavy atom. The molecule has 0 fully saturated rings. The summed E-state index contributed by atoms with van der Waals surface area (Å²) in [7, 11) is 1.64. The highest BCUT2D eigenvalue weighted by molar-refractivity contribution is 6.21. The molecule has 2 aromatic carbocycles. The van der Waals surface area contributed by atoms with E-state index in [4.69, 9.17) is 4.74 Å². The van der Waals surface area contributed by atoms with Crippen molar-refractivity contribution in [2.75, 3.05) is 33.4 Å². The number of imide groups is 1. The van der Waals surface area contributed by atoms with Crippen LogP contribution in [0, 0.1) is 0 Å². The molecule has 2 N–H and O–H groups in total. The number of ether oxygens (including phenoxy) is 1. The minimum Gasteiger partial charge on any atom is -0.383 e. The van der Waals surface area contributed by atoms with Crippen LogP contribution in [0.3, 0.4) is 0 Å². The van der Waals surface area contributed by atoms with E-state index >= 15 is 0 Å². The third-order valence-corrected chi connectivity index (χ3v) is 4.48. The van der Waals surface area contributed by atoms with Gasteiger partial charge in [0.2, 0.25) is 0 Å². The maximum Gasteiger partial charge on any atom is 0.261 e. The van der Waals surface area contributed by atoms with Crippen molar-refractivity contribution in [3.8, 4) is 0 Å². The lowest BCUT2D eigenvalue weighted by Crippen LogP contribution is -2.33. The first kappa shape index (κ1) is 22.5. The van der Waals surface area contributed by atoms with Crippen LogP contribution >= 0.6 is 12.4 Å². The molecule has 1 aliphatic rings. The molecule has 0 unspecified atom stereocenters. The molecule has 2 aromatic rings. The zero-order valence-corrected chi connectivity index (χ0v) is 17.0. The lowest BCUT2D eigenvalue weighted by atomic mass is 10.1. The lowest BCUT2D eigenvalue weighted by molar-refractivity contribution is 0.0642. The molecule has 0 bridgehead atoms. The Kier molecular flexibility index (Phi) is 8.33. The smallest absolute Gasteiger partial charge is 0.261 e. The number of methoxy groups -OCH3 is 1. The zero-order valence-electron chi connectivity index (χ0n) is 16.1. The largest absolute Gasteiger partial charge is 0.383 e. The molecule has 0 aliphatic carbocycles. The maximum absolute atomic E-state index is 12.5. The number of nitrogens with zero attached hydrogens (tertiary/aromatic N) is 1. The van der Waals surface area contributed by atoms with Gasteiger partial charge in [0.25, 0.3) is 17.7 Å². The number of amides is 3. The number of rotatable bonds is 9. The molecule has 0 radical (unpaired) electrons. The molecule has 29 heavy (non-hydrogen) atoms. The second kappa shape index (κ2) is 10.7. The number of fused-ring (bicyclic) bond motifs is 1. The van der Waals surface area contributed by atoms with Gasteiger partial charge < -0.3 is 15.4 Å². The molecule has 3 rings (SSSR count). The van der Waals surface area contributed by atoms with Crippen molar-refractivity contribution in [2.24, 2.45) is 0 Å².